The summed E-state index contributed by atoms with van der Waals surface area (Å²) in [4.78, 5) is 25.0. The van der Waals surface area contributed by atoms with E-state index in [0.29, 0.717) is 34.2 Å². The monoisotopic (exact) mass is 410 g/mol. The number of benzene rings is 4. The van der Waals surface area contributed by atoms with Crippen molar-refractivity contribution < 1.29 is 19.1 Å². The highest BCUT2D eigenvalue weighted by Crippen LogP contribution is 2.36. The van der Waals surface area contributed by atoms with Gasteiger partial charge in [-0.15, -0.1) is 0 Å². The van der Waals surface area contributed by atoms with Gasteiger partial charge in [0.25, 0.3) is 11.8 Å². The molecule has 0 aliphatic carbocycles. The van der Waals surface area contributed by atoms with Gasteiger partial charge in [0, 0.05) is 5.69 Å². The Balaban J connectivity index is 1.27. The number of carbonyl (C=O) groups is 2. The van der Waals surface area contributed by atoms with E-state index in [0.717, 1.165) is 10.8 Å². The summed E-state index contributed by atoms with van der Waals surface area (Å²) in [7, 11) is 0. The molecule has 1 aliphatic rings. The molecule has 0 unspecified atom stereocenters. The number of hydrogen-bond acceptors (Lipinski definition) is 4. The molecule has 1 aliphatic heterocycles. The lowest BCUT2D eigenvalue weighted by Crippen LogP contribution is -2.20. The third kappa shape index (κ3) is 3.91. The molecule has 2 amide bonds. The summed E-state index contributed by atoms with van der Waals surface area (Å²) >= 11 is 0. The Kier molecular flexibility index (Phi) is 4.72. The summed E-state index contributed by atoms with van der Waals surface area (Å²) in [6.07, 6.45) is 0. The van der Waals surface area contributed by atoms with Gasteiger partial charge < -0.3 is 20.1 Å². The van der Waals surface area contributed by atoms with E-state index < -0.39 is 0 Å². The fraction of sp³-hybridized carbons (Fsp3) is 0.0400. The summed E-state index contributed by atoms with van der Waals surface area (Å²) in [6.45, 7) is -0.149. The molecular weight excluding hydrogens is 392 g/mol. The molecule has 152 valence electrons. The van der Waals surface area contributed by atoms with Crippen LogP contribution in [0.5, 0.6) is 17.2 Å². The average Bonchev–Trinajstić information content (AvgIpc) is 2.93. The zero-order chi connectivity index (χ0) is 21.2. The SMILES string of the molecule is O=C(COc1ccc2ccccc2c1)Nc1ccc2c(c1)C(=O)Nc1ccccc1O2. The van der Waals surface area contributed by atoms with Crippen LogP contribution < -0.4 is 20.1 Å². The van der Waals surface area contributed by atoms with E-state index in [-0.39, 0.29) is 18.4 Å². The number of carbonyl (C=O) groups excluding carboxylic acids is 2. The molecule has 6 nitrogen and oxygen atoms in total. The van der Waals surface area contributed by atoms with Crippen LogP contribution in [0.1, 0.15) is 10.4 Å². The molecule has 6 heteroatoms. The second-order valence-electron chi connectivity index (χ2n) is 7.11. The second-order valence-corrected chi connectivity index (χ2v) is 7.11. The lowest BCUT2D eigenvalue weighted by molar-refractivity contribution is -0.118. The molecule has 5 rings (SSSR count). The lowest BCUT2D eigenvalue weighted by Gasteiger charge is -2.11. The van der Waals surface area contributed by atoms with Gasteiger partial charge in [-0.3, -0.25) is 9.59 Å². The molecule has 0 aromatic heterocycles. The van der Waals surface area contributed by atoms with Crippen LogP contribution in [-0.2, 0) is 4.79 Å². The molecule has 0 atom stereocenters. The summed E-state index contributed by atoms with van der Waals surface area (Å²) in [6, 6.07) is 25.8. The predicted octanol–water partition coefficient (Wildman–Crippen LogP) is 5.22. The highest BCUT2D eigenvalue weighted by atomic mass is 16.5. The zero-order valence-electron chi connectivity index (χ0n) is 16.4. The molecule has 0 bridgehead atoms. The third-order valence-corrected chi connectivity index (χ3v) is 4.95. The van der Waals surface area contributed by atoms with Crippen molar-refractivity contribution in [2.75, 3.05) is 17.2 Å². The Morgan fingerprint density at radius 2 is 1.68 bits per heavy atom. The van der Waals surface area contributed by atoms with Gasteiger partial charge in [-0.25, -0.2) is 0 Å². The highest BCUT2D eigenvalue weighted by molar-refractivity contribution is 6.09. The van der Waals surface area contributed by atoms with Gasteiger partial charge in [0.2, 0.25) is 0 Å². The molecule has 0 radical (unpaired) electrons. The summed E-state index contributed by atoms with van der Waals surface area (Å²) in [5, 5.41) is 7.72. The first kappa shape index (κ1) is 18.7. The van der Waals surface area contributed by atoms with Crippen molar-refractivity contribution in [3.05, 3.63) is 90.5 Å². The Morgan fingerprint density at radius 1 is 0.871 bits per heavy atom. The van der Waals surface area contributed by atoms with E-state index in [9.17, 15) is 9.59 Å². The minimum Gasteiger partial charge on any atom is -0.484 e. The number of rotatable bonds is 4. The van der Waals surface area contributed by atoms with Crippen molar-refractivity contribution in [3.8, 4) is 17.2 Å². The predicted molar refractivity (Wildman–Crippen MR) is 119 cm³/mol. The van der Waals surface area contributed by atoms with Gasteiger partial charge >= 0.3 is 0 Å². The summed E-state index contributed by atoms with van der Waals surface area (Å²) in [5.41, 5.74) is 1.41. The third-order valence-electron chi connectivity index (χ3n) is 4.95. The fourth-order valence-corrected chi connectivity index (χ4v) is 3.44. The van der Waals surface area contributed by atoms with Crippen LogP contribution in [0.3, 0.4) is 0 Å². The molecule has 31 heavy (non-hydrogen) atoms. The van der Waals surface area contributed by atoms with Gasteiger partial charge in [-0.05, 0) is 53.2 Å². The van der Waals surface area contributed by atoms with E-state index in [1.165, 1.54) is 0 Å². The summed E-state index contributed by atoms with van der Waals surface area (Å²) in [5.74, 6) is 0.971. The van der Waals surface area contributed by atoms with E-state index in [2.05, 4.69) is 10.6 Å². The van der Waals surface area contributed by atoms with Crippen molar-refractivity contribution in [1.29, 1.82) is 0 Å². The first-order valence-corrected chi connectivity index (χ1v) is 9.79. The molecule has 0 fully saturated rings. The second kappa shape index (κ2) is 7.84. The molecule has 0 saturated carbocycles. The van der Waals surface area contributed by atoms with E-state index in [4.69, 9.17) is 9.47 Å². The highest BCUT2D eigenvalue weighted by Gasteiger charge is 2.21. The van der Waals surface area contributed by atoms with E-state index >= 15 is 0 Å². The molecule has 4 aromatic carbocycles. The molecule has 4 aromatic rings. The van der Waals surface area contributed by atoms with Crippen molar-refractivity contribution in [1.82, 2.24) is 0 Å². The summed E-state index contributed by atoms with van der Waals surface area (Å²) < 4.78 is 11.5. The minimum atomic E-state index is -0.327. The molecule has 2 N–H and O–H groups in total. The minimum absolute atomic E-state index is 0.149. The van der Waals surface area contributed by atoms with Crippen molar-refractivity contribution >= 4 is 34.0 Å². The van der Waals surface area contributed by atoms with Crippen LogP contribution in [0.15, 0.2) is 84.9 Å². The van der Waals surface area contributed by atoms with Crippen LogP contribution in [0.25, 0.3) is 10.8 Å². The standard InChI is InChI=1S/C25H18N2O4/c28-24(15-30-19-11-9-16-5-1-2-6-17(16)13-19)26-18-10-12-22-20(14-18)25(29)27-21-7-3-4-8-23(21)31-22/h1-14H,15H2,(H,26,28)(H,27,29). The van der Waals surface area contributed by atoms with E-state index in [1.54, 1.807) is 30.3 Å². The van der Waals surface area contributed by atoms with Crippen LogP contribution in [-0.4, -0.2) is 18.4 Å². The molecule has 0 saturated heterocycles. The zero-order valence-corrected chi connectivity index (χ0v) is 16.4. The number of fused-ring (bicyclic) bond motifs is 3. The first-order valence-electron chi connectivity index (χ1n) is 9.79. The van der Waals surface area contributed by atoms with Crippen molar-refractivity contribution in [2.24, 2.45) is 0 Å². The van der Waals surface area contributed by atoms with Crippen molar-refractivity contribution in [3.63, 3.8) is 0 Å². The van der Waals surface area contributed by atoms with Gasteiger partial charge in [0.05, 0.1) is 11.3 Å². The van der Waals surface area contributed by atoms with Gasteiger partial charge in [-0.2, -0.15) is 0 Å². The maximum atomic E-state index is 12.6. The smallest absolute Gasteiger partial charge is 0.262 e. The van der Waals surface area contributed by atoms with Gasteiger partial charge in [0.1, 0.15) is 11.5 Å². The number of hydrogen-bond donors (Lipinski definition) is 2. The molecule has 0 spiro atoms. The average molecular weight is 410 g/mol. The first-order chi connectivity index (χ1) is 15.2. The van der Waals surface area contributed by atoms with E-state index in [1.807, 2.05) is 54.6 Å². The Bertz CT molecular complexity index is 1320. The number of anilines is 2. The number of ether oxygens (including phenoxy) is 2. The number of para-hydroxylation sites is 2. The molecule has 1 heterocycles. The Labute approximate surface area is 178 Å². The maximum Gasteiger partial charge on any atom is 0.262 e. The Hall–Kier alpha value is -4.32. The Morgan fingerprint density at radius 3 is 2.58 bits per heavy atom. The van der Waals surface area contributed by atoms with Gasteiger partial charge in [0.15, 0.2) is 12.4 Å². The van der Waals surface area contributed by atoms with Crippen LogP contribution in [0, 0.1) is 0 Å². The normalized spacial score (nSPS) is 12.1. The number of amides is 2. The largest absolute Gasteiger partial charge is 0.484 e. The topological polar surface area (TPSA) is 76.7 Å². The van der Waals surface area contributed by atoms with Crippen LogP contribution in [0.4, 0.5) is 11.4 Å². The number of nitrogens with one attached hydrogen (secondary N) is 2. The fourth-order valence-electron chi connectivity index (χ4n) is 3.44. The molecular formula is C25H18N2O4. The maximum absolute atomic E-state index is 12.6. The quantitative estimate of drug-likeness (QED) is 0.484. The lowest BCUT2D eigenvalue weighted by atomic mass is 10.1. The van der Waals surface area contributed by atoms with Crippen LogP contribution >= 0.6 is 0 Å². The van der Waals surface area contributed by atoms with Crippen molar-refractivity contribution in [2.45, 2.75) is 0 Å². The van der Waals surface area contributed by atoms with Crippen LogP contribution in [0.2, 0.25) is 0 Å². The van der Waals surface area contributed by atoms with Gasteiger partial charge in [-0.1, -0.05) is 42.5 Å².